The molecule has 1 aliphatic heterocycles. The Morgan fingerprint density at radius 1 is 1.14 bits per heavy atom. The van der Waals surface area contributed by atoms with E-state index in [1.54, 1.807) is 0 Å². The molecular formula is C21H25F2N3O2. The van der Waals surface area contributed by atoms with E-state index < -0.39 is 11.6 Å². The number of benzene rings is 1. The second-order valence-corrected chi connectivity index (χ2v) is 8.09. The number of nitrogens with zero attached hydrogens (tertiary/aromatic N) is 2. The van der Waals surface area contributed by atoms with Crippen molar-refractivity contribution in [2.45, 2.75) is 69.1 Å². The molecular weight excluding hydrogens is 364 g/mol. The summed E-state index contributed by atoms with van der Waals surface area (Å²) in [7, 11) is 0. The number of amides is 1. The number of piperidine rings is 1. The van der Waals surface area contributed by atoms with Crippen molar-refractivity contribution in [2.75, 3.05) is 6.54 Å². The lowest BCUT2D eigenvalue weighted by Gasteiger charge is -2.38. The van der Waals surface area contributed by atoms with Crippen molar-refractivity contribution in [1.82, 2.24) is 15.5 Å². The van der Waals surface area contributed by atoms with Crippen LogP contribution in [0.1, 0.15) is 74.6 Å². The fourth-order valence-corrected chi connectivity index (χ4v) is 4.66. The number of hydrogen-bond acceptors (Lipinski definition) is 4. The van der Waals surface area contributed by atoms with Gasteiger partial charge in [0, 0.05) is 31.4 Å². The van der Waals surface area contributed by atoms with E-state index in [1.165, 1.54) is 12.1 Å². The van der Waals surface area contributed by atoms with Crippen LogP contribution < -0.4 is 5.32 Å². The van der Waals surface area contributed by atoms with Gasteiger partial charge in [-0.3, -0.25) is 4.79 Å². The molecule has 1 N–H and O–H groups in total. The standard InChI is InChI=1S/C21H25F2N3O2/c22-16-11-15(12-17(23)13-16)21(6-2-1-3-7-21)8-4-19-25-20(26-28-19)14-5-9-24-18(27)10-14/h11-14H,1-10H2,(H,24,27). The number of hydrogen-bond donors (Lipinski definition) is 1. The Morgan fingerprint density at radius 3 is 2.61 bits per heavy atom. The van der Waals surface area contributed by atoms with Gasteiger partial charge in [0.05, 0.1) is 0 Å². The van der Waals surface area contributed by atoms with Gasteiger partial charge in [0.1, 0.15) is 11.6 Å². The highest BCUT2D eigenvalue weighted by Crippen LogP contribution is 2.43. The molecule has 28 heavy (non-hydrogen) atoms. The minimum absolute atomic E-state index is 0.00722. The van der Waals surface area contributed by atoms with E-state index >= 15 is 0 Å². The fraction of sp³-hybridized carbons (Fsp3) is 0.571. The average molecular weight is 389 g/mol. The molecule has 7 heteroatoms. The van der Waals surface area contributed by atoms with Gasteiger partial charge >= 0.3 is 0 Å². The van der Waals surface area contributed by atoms with Gasteiger partial charge in [-0.1, -0.05) is 24.4 Å². The molecule has 2 aliphatic rings. The third kappa shape index (κ3) is 4.08. The van der Waals surface area contributed by atoms with Gasteiger partial charge in [-0.15, -0.1) is 0 Å². The van der Waals surface area contributed by atoms with E-state index in [0.29, 0.717) is 37.5 Å². The maximum absolute atomic E-state index is 13.8. The first-order chi connectivity index (χ1) is 13.5. The summed E-state index contributed by atoms with van der Waals surface area (Å²) in [6.45, 7) is 0.627. The third-order valence-electron chi connectivity index (χ3n) is 6.20. The van der Waals surface area contributed by atoms with Crippen molar-refractivity contribution in [3.8, 4) is 0 Å². The Kier molecular flexibility index (Phi) is 5.42. The summed E-state index contributed by atoms with van der Waals surface area (Å²) in [5.41, 5.74) is 0.467. The second-order valence-electron chi connectivity index (χ2n) is 8.09. The van der Waals surface area contributed by atoms with E-state index in [1.807, 2.05) is 0 Å². The van der Waals surface area contributed by atoms with E-state index in [2.05, 4.69) is 15.5 Å². The van der Waals surface area contributed by atoms with Crippen molar-refractivity contribution in [1.29, 1.82) is 0 Å². The predicted molar refractivity (Wildman–Crippen MR) is 98.7 cm³/mol. The first-order valence-electron chi connectivity index (χ1n) is 10.1. The van der Waals surface area contributed by atoms with Gasteiger partial charge in [0.25, 0.3) is 0 Å². The molecule has 4 rings (SSSR count). The third-order valence-corrected chi connectivity index (χ3v) is 6.20. The fourth-order valence-electron chi connectivity index (χ4n) is 4.66. The Morgan fingerprint density at radius 2 is 1.89 bits per heavy atom. The molecule has 1 atom stereocenters. The van der Waals surface area contributed by atoms with Gasteiger partial charge in [0.2, 0.25) is 11.8 Å². The lowest BCUT2D eigenvalue weighted by Crippen LogP contribution is -2.32. The van der Waals surface area contributed by atoms with Gasteiger partial charge in [-0.25, -0.2) is 8.78 Å². The summed E-state index contributed by atoms with van der Waals surface area (Å²) in [6, 6.07) is 3.85. The number of halogens is 2. The molecule has 2 aromatic rings. The average Bonchev–Trinajstić information content (AvgIpc) is 3.16. The van der Waals surface area contributed by atoms with Crippen molar-refractivity contribution >= 4 is 5.91 Å². The van der Waals surface area contributed by atoms with Crippen LogP contribution in [0.25, 0.3) is 0 Å². The van der Waals surface area contributed by atoms with Crippen LogP contribution in [-0.2, 0) is 16.6 Å². The zero-order valence-electron chi connectivity index (χ0n) is 15.8. The zero-order valence-corrected chi connectivity index (χ0v) is 15.8. The first kappa shape index (κ1) is 19.0. The van der Waals surface area contributed by atoms with Gasteiger partial charge in [0.15, 0.2) is 5.82 Å². The number of carbonyl (C=O) groups excluding carboxylic acids is 1. The minimum Gasteiger partial charge on any atom is -0.356 e. The number of nitrogens with one attached hydrogen (secondary N) is 1. The highest BCUT2D eigenvalue weighted by molar-refractivity contribution is 5.77. The van der Waals surface area contributed by atoms with Crippen molar-refractivity contribution in [2.24, 2.45) is 0 Å². The van der Waals surface area contributed by atoms with Crippen molar-refractivity contribution < 1.29 is 18.1 Å². The number of aryl methyl sites for hydroxylation is 1. The van der Waals surface area contributed by atoms with E-state index in [4.69, 9.17) is 4.52 Å². The molecule has 1 aliphatic carbocycles. The minimum atomic E-state index is -0.532. The van der Waals surface area contributed by atoms with Crippen LogP contribution in [0.15, 0.2) is 22.7 Å². The van der Waals surface area contributed by atoms with E-state index in [9.17, 15) is 13.6 Å². The van der Waals surface area contributed by atoms with Gasteiger partial charge in [-0.05, 0) is 48.8 Å². The predicted octanol–water partition coefficient (Wildman–Crippen LogP) is 4.18. The Hall–Kier alpha value is -2.31. The summed E-state index contributed by atoms with van der Waals surface area (Å²) in [5, 5.41) is 6.88. The highest BCUT2D eigenvalue weighted by Gasteiger charge is 2.35. The Labute approximate surface area is 162 Å². The van der Waals surface area contributed by atoms with Crippen LogP contribution in [0.2, 0.25) is 0 Å². The van der Waals surface area contributed by atoms with Crippen LogP contribution in [0.3, 0.4) is 0 Å². The normalized spacial score (nSPS) is 22.1. The lowest BCUT2D eigenvalue weighted by atomic mass is 9.67. The monoisotopic (exact) mass is 389 g/mol. The molecule has 1 saturated carbocycles. The molecule has 1 aromatic carbocycles. The quantitative estimate of drug-likeness (QED) is 0.833. The molecule has 1 unspecified atom stereocenters. The van der Waals surface area contributed by atoms with Crippen LogP contribution >= 0.6 is 0 Å². The van der Waals surface area contributed by atoms with Crippen LogP contribution in [0.5, 0.6) is 0 Å². The maximum Gasteiger partial charge on any atom is 0.226 e. The molecule has 1 aromatic heterocycles. The van der Waals surface area contributed by atoms with E-state index in [0.717, 1.165) is 50.2 Å². The molecule has 1 saturated heterocycles. The summed E-state index contributed by atoms with van der Waals surface area (Å²) < 4.78 is 33.1. The first-order valence-corrected chi connectivity index (χ1v) is 10.1. The molecule has 0 radical (unpaired) electrons. The Balaban J connectivity index is 1.50. The van der Waals surface area contributed by atoms with Crippen LogP contribution in [0.4, 0.5) is 8.78 Å². The smallest absolute Gasteiger partial charge is 0.226 e. The molecule has 2 heterocycles. The van der Waals surface area contributed by atoms with Gasteiger partial charge < -0.3 is 9.84 Å². The summed E-state index contributed by atoms with van der Waals surface area (Å²) >= 11 is 0. The molecule has 2 fully saturated rings. The zero-order chi connectivity index (χ0) is 19.6. The van der Waals surface area contributed by atoms with Crippen molar-refractivity contribution in [3.05, 3.63) is 47.1 Å². The summed E-state index contributed by atoms with van der Waals surface area (Å²) in [5.74, 6) is 0.0532. The highest BCUT2D eigenvalue weighted by atomic mass is 19.1. The number of aromatic nitrogens is 2. The SMILES string of the molecule is O=C1CC(c2noc(CCC3(c4cc(F)cc(F)c4)CCCCC3)n2)CCN1. The van der Waals surface area contributed by atoms with Gasteiger partial charge in [-0.2, -0.15) is 4.98 Å². The largest absolute Gasteiger partial charge is 0.356 e. The topological polar surface area (TPSA) is 68.0 Å². The lowest BCUT2D eigenvalue weighted by molar-refractivity contribution is -0.122. The summed E-state index contributed by atoms with van der Waals surface area (Å²) in [4.78, 5) is 16.1. The molecule has 5 nitrogen and oxygen atoms in total. The number of carbonyl (C=O) groups is 1. The van der Waals surface area contributed by atoms with Crippen LogP contribution in [0, 0.1) is 11.6 Å². The van der Waals surface area contributed by atoms with Crippen LogP contribution in [-0.4, -0.2) is 22.6 Å². The molecule has 0 spiro atoms. The molecule has 150 valence electrons. The molecule has 0 bridgehead atoms. The summed E-state index contributed by atoms with van der Waals surface area (Å²) in [6.07, 6.45) is 7.50. The number of rotatable bonds is 5. The second kappa shape index (κ2) is 7.97. The van der Waals surface area contributed by atoms with Crippen molar-refractivity contribution in [3.63, 3.8) is 0 Å². The Bertz CT molecular complexity index is 826. The molecule has 1 amide bonds. The van der Waals surface area contributed by atoms with E-state index in [-0.39, 0.29) is 17.2 Å². The maximum atomic E-state index is 13.8.